The Morgan fingerprint density at radius 2 is 2.31 bits per heavy atom. The van der Waals surface area contributed by atoms with Gasteiger partial charge in [0.15, 0.2) is 0 Å². The maximum absolute atomic E-state index is 10.3. The lowest BCUT2D eigenvalue weighted by Gasteiger charge is -2.12. The standard InChI is InChI=1S/C13H17ClOS/c1-2-13(16-9-8-15)7-6-11-4-3-5-12(14)10-11/h3-5,8,10,13H,2,6-7,9H2,1H3. The quantitative estimate of drug-likeness (QED) is 0.687. The lowest BCUT2D eigenvalue weighted by atomic mass is 10.1. The van der Waals surface area contributed by atoms with Crippen molar-refractivity contribution in [3.05, 3.63) is 34.9 Å². The number of hydrogen-bond acceptors (Lipinski definition) is 2. The third-order valence-corrected chi connectivity index (χ3v) is 4.10. The van der Waals surface area contributed by atoms with Crippen molar-refractivity contribution in [2.24, 2.45) is 0 Å². The van der Waals surface area contributed by atoms with Crippen molar-refractivity contribution < 1.29 is 4.79 Å². The van der Waals surface area contributed by atoms with Gasteiger partial charge in [0.1, 0.15) is 6.29 Å². The molecule has 1 nitrogen and oxygen atoms in total. The normalized spacial score (nSPS) is 12.4. The molecule has 0 saturated heterocycles. The van der Waals surface area contributed by atoms with Crippen molar-refractivity contribution in [3.63, 3.8) is 0 Å². The average Bonchev–Trinajstić information content (AvgIpc) is 2.29. The molecule has 0 aliphatic carbocycles. The molecular weight excluding hydrogens is 240 g/mol. The highest BCUT2D eigenvalue weighted by Gasteiger charge is 2.06. The number of carbonyl (C=O) groups excluding carboxylic acids is 1. The minimum atomic E-state index is 0.573. The highest BCUT2D eigenvalue weighted by atomic mass is 35.5. The van der Waals surface area contributed by atoms with Crippen LogP contribution in [-0.4, -0.2) is 17.3 Å². The second-order valence-electron chi connectivity index (χ2n) is 3.70. The van der Waals surface area contributed by atoms with Gasteiger partial charge in [0.2, 0.25) is 0 Å². The number of aldehydes is 1. The van der Waals surface area contributed by atoms with E-state index in [4.69, 9.17) is 11.6 Å². The van der Waals surface area contributed by atoms with E-state index in [-0.39, 0.29) is 0 Å². The number of carbonyl (C=O) groups is 1. The van der Waals surface area contributed by atoms with Crippen LogP contribution in [0.4, 0.5) is 0 Å². The van der Waals surface area contributed by atoms with Gasteiger partial charge in [-0.2, -0.15) is 11.8 Å². The fourth-order valence-electron chi connectivity index (χ4n) is 1.60. The summed E-state index contributed by atoms with van der Waals surface area (Å²) in [4.78, 5) is 10.3. The van der Waals surface area contributed by atoms with Crippen molar-refractivity contribution in [3.8, 4) is 0 Å². The second kappa shape index (κ2) is 7.75. The number of hydrogen-bond donors (Lipinski definition) is 0. The SMILES string of the molecule is CCC(CCc1cccc(Cl)c1)SCC=O. The van der Waals surface area contributed by atoms with Crippen molar-refractivity contribution in [2.45, 2.75) is 31.4 Å². The van der Waals surface area contributed by atoms with Crippen molar-refractivity contribution in [2.75, 3.05) is 5.75 Å². The molecule has 88 valence electrons. The molecule has 0 saturated carbocycles. The number of benzene rings is 1. The second-order valence-corrected chi connectivity index (χ2v) is 5.47. The largest absolute Gasteiger partial charge is 0.302 e. The van der Waals surface area contributed by atoms with Gasteiger partial charge in [-0.1, -0.05) is 30.7 Å². The molecule has 1 aromatic carbocycles. The van der Waals surface area contributed by atoms with Gasteiger partial charge in [-0.3, -0.25) is 0 Å². The molecule has 1 unspecified atom stereocenters. The van der Waals surface area contributed by atoms with E-state index in [9.17, 15) is 4.79 Å². The molecule has 16 heavy (non-hydrogen) atoms. The smallest absolute Gasteiger partial charge is 0.129 e. The monoisotopic (exact) mass is 256 g/mol. The molecule has 0 fully saturated rings. The summed E-state index contributed by atoms with van der Waals surface area (Å²) in [5.74, 6) is 0.605. The van der Waals surface area contributed by atoms with E-state index in [0.29, 0.717) is 11.0 Å². The lowest BCUT2D eigenvalue weighted by Crippen LogP contribution is -2.04. The topological polar surface area (TPSA) is 17.1 Å². The summed E-state index contributed by atoms with van der Waals surface area (Å²) in [6.45, 7) is 2.17. The first-order valence-corrected chi connectivity index (χ1v) is 6.98. The number of rotatable bonds is 7. The summed E-state index contributed by atoms with van der Waals surface area (Å²) < 4.78 is 0. The average molecular weight is 257 g/mol. The number of halogens is 1. The Bertz CT molecular complexity index is 327. The Balaban J connectivity index is 2.39. The van der Waals surface area contributed by atoms with Crippen molar-refractivity contribution in [1.29, 1.82) is 0 Å². The molecule has 0 amide bonds. The molecule has 0 aliphatic rings. The van der Waals surface area contributed by atoms with Gasteiger partial charge < -0.3 is 4.79 Å². The van der Waals surface area contributed by atoms with Crippen LogP contribution < -0.4 is 0 Å². The summed E-state index contributed by atoms with van der Waals surface area (Å²) in [5.41, 5.74) is 1.28. The molecule has 0 N–H and O–H groups in total. The van der Waals surface area contributed by atoms with Crippen LogP contribution in [0.5, 0.6) is 0 Å². The van der Waals surface area contributed by atoms with E-state index in [1.54, 1.807) is 11.8 Å². The van der Waals surface area contributed by atoms with E-state index < -0.39 is 0 Å². The summed E-state index contributed by atoms with van der Waals surface area (Å²) in [6.07, 6.45) is 4.23. The predicted molar refractivity (Wildman–Crippen MR) is 72.4 cm³/mol. The van der Waals surface area contributed by atoms with Crippen LogP contribution in [0.1, 0.15) is 25.3 Å². The van der Waals surface area contributed by atoms with Crippen LogP contribution in [0.25, 0.3) is 0 Å². The Labute approximate surface area is 107 Å². The Morgan fingerprint density at radius 1 is 1.50 bits per heavy atom. The maximum Gasteiger partial charge on any atom is 0.129 e. The van der Waals surface area contributed by atoms with Crippen LogP contribution in [0.3, 0.4) is 0 Å². The molecule has 1 aromatic rings. The zero-order valence-corrected chi connectivity index (χ0v) is 11.1. The Kier molecular flexibility index (Phi) is 6.58. The fraction of sp³-hybridized carbons (Fsp3) is 0.462. The fourth-order valence-corrected chi connectivity index (χ4v) is 2.68. The molecular formula is C13H17ClOS. The maximum atomic E-state index is 10.3. The van der Waals surface area contributed by atoms with Crippen LogP contribution in [-0.2, 0) is 11.2 Å². The predicted octanol–water partition coefficient (Wildman–Crippen LogP) is 3.98. The number of aryl methyl sites for hydroxylation is 1. The van der Waals surface area contributed by atoms with Gasteiger partial charge in [-0.15, -0.1) is 0 Å². The van der Waals surface area contributed by atoms with E-state index >= 15 is 0 Å². The molecule has 0 spiro atoms. The molecule has 0 bridgehead atoms. The highest BCUT2D eigenvalue weighted by molar-refractivity contribution is 8.00. The van der Waals surface area contributed by atoms with E-state index in [1.807, 2.05) is 18.2 Å². The third kappa shape index (κ3) is 5.04. The van der Waals surface area contributed by atoms with Crippen LogP contribution in [0, 0.1) is 0 Å². The van der Waals surface area contributed by atoms with Crippen LogP contribution in [0.2, 0.25) is 5.02 Å². The first-order chi connectivity index (χ1) is 7.76. The van der Waals surface area contributed by atoms with E-state index in [0.717, 1.165) is 30.6 Å². The first kappa shape index (κ1) is 13.6. The lowest BCUT2D eigenvalue weighted by molar-refractivity contribution is -0.105. The van der Waals surface area contributed by atoms with Crippen LogP contribution >= 0.6 is 23.4 Å². The summed E-state index contributed by atoms with van der Waals surface area (Å²) in [7, 11) is 0. The Morgan fingerprint density at radius 3 is 2.94 bits per heavy atom. The minimum Gasteiger partial charge on any atom is -0.302 e. The third-order valence-electron chi connectivity index (χ3n) is 2.50. The molecule has 3 heteroatoms. The molecule has 0 radical (unpaired) electrons. The zero-order valence-electron chi connectivity index (χ0n) is 9.49. The summed E-state index contributed by atoms with van der Waals surface area (Å²) in [6, 6.07) is 7.99. The molecule has 0 heterocycles. The van der Waals surface area contributed by atoms with Gasteiger partial charge in [-0.25, -0.2) is 0 Å². The van der Waals surface area contributed by atoms with Gasteiger partial charge >= 0.3 is 0 Å². The van der Waals surface area contributed by atoms with Crippen molar-refractivity contribution in [1.82, 2.24) is 0 Å². The molecule has 1 rings (SSSR count). The van der Waals surface area contributed by atoms with Gasteiger partial charge in [0.25, 0.3) is 0 Å². The summed E-state index contributed by atoms with van der Waals surface area (Å²) in [5, 5.41) is 1.37. The molecule has 0 aliphatic heterocycles. The molecule has 0 aromatic heterocycles. The summed E-state index contributed by atoms with van der Waals surface area (Å²) >= 11 is 7.67. The van der Waals surface area contributed by atoms with Gasteiger partial charge in [0, 0.05) is 16.0 Å². The minimum absolute atomic E-state index is 0.573. The van der Waals surface area contributed by atoms with Crippen LogP contribution in [0.15, 0.2) is 24.3 Å². The van der Waals surface area contributed by atoms with Crippen molar-refractivity contribution >= 4 is 29.6 Å². The zero-order chi connectivity index (χ0) is 11.8. The highest BCUT2D eigenvalue weighted by Crippen LogP contribution is 2.20. The first-order valence-electron chi connectivity index (χ1n) is 5.56. The number of thioether (sulfide) groups is 1. The van der Waals surface area contributed by atoms with E-state index in [1.165, 1.54) is 5.56 Å². The van der Waals surface area contributed by atoms with Gasteiger partial charge in [-0.05, 0) is 37.0 Å². The van der Waals surface area contributed by atoms with E-state index in [2.05, 4.69) is 13.0 Å². The molecule has 1 atom stereocenters. The van der Waals surface area contributed by atoms with Gasteiger partial charge in [0.05, 0.1) is 0 Å². The Hall–Kier alpha value is -0.470.